The van der Waals surface area contributed by atoms with Gasteiger partial charge in [0.05, 0.1) is 4.90 Å². The summed E-state index contributed by atoms with van der Waals surface area (Å²) in [5, 5.41) is 0. The first-order valence-electron chi connectivity index (χ1n) is 8.31. The molecule has 1 aromatic carbocycles. The molecule has 0 radical (unpaired) electrons. The van der Waals surface area contributed by atoms with Crippen LogP contribution in [0.4, 0.5) is 0 Å². The van der Waals surface area contributed by atoms with Crippen molar-refractivity contribution in [3.63, 3.8) is 0 Å². The van der Waals surface area contributed by atoms with Crippen LogP contribution in [0.25, 0.3) is 11.2 Å². The molecule has 0 aliphatic carbocycles. The fourth-order valence-corrected chi connectivity index (χ4v) is 4.92. The zero-order valence-electron chi connectivity index (χ0n) is 14.3. The van der Waals surface area contributed by atoms with Gasteiger partial charge >= 0.3 is 0 Å². The molecule has 25 heavy (non-hydrogen) atoms. The molecule has 3 heterocycles. The van der Waals surface area contributed by atoms with E-state index in [0.29, 0.717) is 18.0 Å². The molecule has 0 saturated carbocycles. The molecule has 0 spiro atoms. The normalized spacial score (nSPS) is 18.9. The fourth-order valence-electron chi connectivity index (χ4n) is 3.42. The number of pyridine rings is 1. The van der Waals surface area contributed by atoms with Gasteiger partial charge in [-0.3, -0.25) is 0 Å². The number of hydrogen-bond donors (Lipinski definition) is 0. The molecule has 1 aliphatic heterocycles. The number of imidazole rings is 1. The van der Waals surface area contributed by atoms with E-state index in [9.17, 15) is 8.42 Å². The molecular weight excluding hydrogens is 336 g/mol. The summed E-state index contributed by atoms with van der Waals surface area (Å²) in [7, 11) is -1.52. The maximum atomic E-state index is 12.9. The summed E-state index contributed by atoms with van der Waals surface area (Å²) in [6.45, 7) is 2.91. The topological polar surface area (TPSA) is 68.1 Å². The van der Waals surface area contributed by atoms with E-state index >= 15 is 0 Å². The zero-order chi connectivity index (χ0) is 17.6. The summed E-state index contributed by atoms with van der Waals surface area (Å²) in [6, 6.07) is 10.8. The Bertz CT molecular complexity index is 1020. The van der Waals surface area contributed by atoms with Crippen molar-refractivity contribution in [2.45, 2.75) is 24.2 Å². The largest absolute Gasteiger partial charge is 0.316 e. The number of sulfonamides is 1. The summed E-state index contributed by atoms with van der Waals surface area (Å²) < 4.78 is 29.3. The minimum absolute atomic E-state index is 0.0828. The van der Waals surface area contributed by atoms with E-state index < -0.39 is 10.0 Å². The Kier molecular flexibility index (Phi) is 3.85. The van der Waals surface area contributed by atoms with Crippen LogP contribution >= 0.6 is 0 Å². The number of hydrogen-bond acceptors (Lipinski definition) is 4. The molecule has 1 saturated heterocycles. The molecule has 0 unspecified atom stereocenters. The summed E-state index contributed by atoms with van der Waals surface area (Å²) in [4.78, 5) is 9.39. The van der Waals surface area contributed by atoms with Crippen LogP contribution in [-0.2, 0) is 17.1 Å². The lowest BCUT2D eigenvalue weighted by Crippen LogP contribution is -2.28. The molecule has 2 aromatic heterocycles. The predicted octanol–water partition coefficient (Wildman–Crippen LogP) is 2.45. The molecule has 0 N–H and O–H groups in total. The van der Waals surface area contributed by atoms with Gasteiger partial charge in [0.15, 0.2) is 5.65 Å². The maximum Gasteiger partial charge on any atom is 0.243 e. The molecule has 130 valence electrons. The first kappa shape index (κ1) is 16.2. The smallest absolute Gasteiger partial charge is 0.243 e. The Morgan fingerprint density at radius 1 is 1.16 bits per heavy atom. The van der Waals surface area contributed by atoms with Crippen molar-refractivity contribution in [2.75, 3.05) is 13.1 Å². The highest BCUT2D eigenvalue weighted by atomic mass is 32.2. The van der Waals surface area contributed by atoms with Crippen LogP contribution in [0.2, 0.25) is 0 Å². The molecule has 3 aromatic rings. The van der Waals surface area contributed by atoms with Crippen LogP contribution in [-0.4, -0.2) is 40.3 Å². The first-order valence-corrected chi connectivity index (χ1v) is 9.75. The average Bonchev–Trinajstić information content (AvgIpc) is 3.21. The van der Waals surface area contributed by atoms with Crippen LogP contribution < -0.4 is 0 Å². The van der Waals surface area contributed by atoms with E-state index in [4.69, 9.17) is 0 Å². The summed E-state index contributed by atoms with van der Waals surface area (Å²) in [5.74, 6) is 0.981. The third kappa shape index (κ3) is 2.73. The quantitative estimate of drug-likeness (QED) is 0.723. The van der Waals surface area contributed by atoms with Gasteiger partial charge in [0, 0.05) is 32.3 Å². The minimum atomic E-state index is -3.46. The molecule has 4 rings (SSSR count). The molecule has 1 aliphatic rings. The zero-order valence-corrected chi connectivity index (χ0v) is 15.1. The fraction of sp³-hybridized carbons (Fsp3) is 0.333. The Hall–Kier alpha value is -2.25. The van der Waals surface area contributed by atoms with Crippen LogP contribution in [0.15, 0.2) is 47.5 Å². The summed E-state index contributed by atoms with van der Waals surface area (Å²) in [6.07, 6.45) is 2.51. The number of fused-ring (bicyclic) bond motifs is 1. The molecule has 7 heteroatoms. The van der Waals surface area contributed by atoms with E-state index in [0.717, 1.165) is 29.0 Å². The Balaban J connectivity index is 1.62. The first-order chi connectivity index (χ1) is 12.0. The maximum absolute atomic E-state index is 12.9. The highest BCUT2D eigenvalue weighted by Gasteiger charge is 2.35. The van der Waals surface area contributed by atoms with Crippen LogP contribution in [0.1, 0.15) is 23.7 Å². The van der Waals surface area contributed by atoms with Crippen LogP contribution in [0.3, 0.4) is 0 Å². The molecule has 1 fully saturated rings. The van der Waals surface area contributed by atoms with Gasteiger partial charge in [-0.2, -0.15) is 4.31 Å². The second-order valence-electron chi connectivity index (χ2n) is 6.54. The number of aromatic nitrogens is 3. The monoisotopic (exact) mass is 356 g/mol. The van der Waals surface area contributed by atoms with Crippen molar-refractivity contribution in [1.29, 1.82) is 0 Å². The lowest BCUT2D eigenvalue weighted by Gasteiger charge is -2.16. The van der Waals surface area contributed by atoms with Gasteiger partial charge in [-0.25, -0.2) is 18.4 Å². The van der Waals surface area contributed by atoms with Crippen molar-refractivity contribution in [3.05, 3.63) is 54.0 Å². The van der Waals surface area contributed by atoms with E-state index in [1.807, 2.05) is 42.8 Å². The molecule has 0 bridgehead atoms. The van der Waals surface area contributed by atoms with E-state index in [1.54, 1.807) is 22.6 Å². The van der Waals surface area contributed by atoms with Gasteiger partial charge in [-0.15, -0.1) is 0 Å². The highest BCUT2D eigenvalue weighted by Crippen LogP contribution is 2.31. The third-order valence-electron chi connectivity index (χ3n) is 4.84. The van der Waals surface area contributed by atoms with Gasteiger partial charge in [0.1, 0.15) is 11.3 Å². The van der Waals surface area contributed by atoms with Gasteiger partial charge in [0.2, 0.25) is 10.0 Å². The standard InChI is InChI=1S/C18H20N4O2S/c1-13-5-7-15(8-6-13)25(23,24)22-11-9-14(12-22)17-20-16-4-3-10-19-18(16)21(17)2/h3-8,10,14H,9,11-12H2,1-2H3/t14-/m0/s1. The summed E-state index contributed by atoms with van der Waals surface area (Å²) >= 11 is 0. The van der Waals surface area contributed by atoms with Gasteiger partial charge in [-0.05, 0) is 37.6 Å². The predicted molar refractivity (Wildman–Crippen MR) is 95.8 cm³/mol. The van der Waals surface area contributed by atoms with Crippen molar-refractivity contribution < 1.29 is 8.42 Å². The molecular formula is C18H20N4O2S. The Morgan fingerprint density at radius 3 is 2.64 bits per heavy atom. The molecule has 6 nitrogen and oxygen atoms in total. The Morgan fingerprint density at radius 2 is 1.92 bits per heavy atom. The molecule has 0 amide bonds. The highest BCUT2D eigenvalue weighted by molar-refractivity contribution is 7.89. The molecule has 1 atom stereocenters. The number of benzene rings is 1. The Labute approximate surface area is 147 Å². The van der Waals surface area contributed by atoms with Crippen molar-refractivity contribution in [1.82, 2.24) is 18.8 Å². The number of nitrogens with zero attached hydrogens (tertiary/aromatic N) is 4. The van der Waals surface area contributed by atoms with Crippen LogP contribution in [0.5, 0.6) is 0 Å². The van der Waals surface area contributed by atoms with Gasteiger partial charge in [-0.1, -0.05) is 17.7 Å². The minimum Gasteiger partial charge on any atom is -0.316 e. The van der Waals surface area contributed by atoms with Crippen molar-refractivity contribution in [2.24, 2.45) is 7.05 Å². The van der Waals surface area contributed by atoms with Crippen molar-refractivity contribution in [3.8, 4) is 0 Å². The van der Waals surface area contributed by atoms with Gasteiger partial charge in [0.25, 0.3) is 0 Å². The van der Waals surface area contributed by atoms with E-state index in [-0.39, 0.29) is 5.92 Å². The van der Waals surface area contributed by atoms with E-state index in [1.165, 1.54) is 0 Å². The second-order valence-corrected chi connectivity index (χ2v) is 8.47. The van der Waals surface area contributed by atoms with Crippen molar-refractivity contribution >= 4 is 21.2 Å². The van der Waals surface area contributed by atoms with Crippen LogP contribution in [0, 0.1) is 6.92 Å². The second kappa shape index (κ2) is 5.93. The average molecular weight is 356 g/mol. The number of aryl methyl sites for hydroxylation is 2. The van der Waals surface area contributed by atoms with E-state index in [2.05, 4.69) is 9.97 Å². The lowest BCUT2D eigenvalue weighted by molar-refractivity contribution is 0.470. The summed E-state index contributed by atoms with van der Waals surface area (Å²) in [5.41, 5.74) is 2.72. The lowest BCUT2D eigenvalue weighted by atomic mass is 10.1. The van der Waals surface area contributed by atoms with Gasteiger partial charge < -0.3 is 4.57 Å². The third-order valence-corrected chi connectivity index (χ3v) is 6.72. The SMILES string of the molecule is Cc1ccc(S(=O)(=O)N2CC[C@H](c3nc4cccnc4n3C)C2)cc1. The number of rotatable bonds is 3.